The van der Waals surface area contributed by atoms with Crippen LogP contribution >= 0.6 is 0 Å². The molecule has 174 valence electrons. The van der Waals surface area contributed by atoms with Crippen molar-refractivity contribution in [2.24, 2.45) is 0 Å². The van der Waals surface area contributed by atoms with Crippen LogP contribution in [-0.2, 0) is 20.2 Å². The maximum Gasteiger partial charge on any atom is 0.271 e. The fraction of sp³-hybridized carbons (Fsp3) is 0.409. The van der Waals surface area contributed by atoms with E-state index in [1.165, 1.54) is 25.1 Å². The van der Waals surface area contributed by atoms with Gasteiger partial charge in [-0.05, 0) is 30.0 Å². The van der Waals surface area contributed by atoms with Gasteiger partial charge in [-0.2, -0.15) is 0 Å². The van der Waals surface area contributed by atoms with Gasteiger partial charge in [0, 0.05) is 12.1 Å². The number of non-ortho nitro benzene ring substituents is 1. The number of hydrogen-bond donors (Lipinski definition) is 1. The van der Waals surface area contributed by atoms with Crippen LogP contribution in [0.1, 0.15) is 33.3 Å². The molecule has 0 heterocycles. The van der Waals surface area contributed by atoms with E-state index in [4.69, 9.17) is 4.74 Å². The van der Waals surface area contributed by atoms with Gasteiger partial charge in [0.2, 0.25) is 15.9 Å². The summed E-state index contributed by atoms with van der Waals surface area (Å²) in [5, 5.41) is 13.7. The lowest BCUT2D eigenvalue weighted by Gasteiger charge is -2.28. The molecule has 32 heavy (non-hydrogen) atoms. The van der Waals surface area contributed by atoms with Gasteiger partial charge in [-0.15, -0.1) is 0 Å². The number of nitrogens with one attached hydrogen (secondary N) is 1. The van der Waals surface area contributed by atoms with Crippen LogP contribution in [-0.4, -0.2) is 44.7 Å². The van der Waals surface area contributed by atoms with Crippen molar-refractivity contribution in [3.05, 3.63) is 64.2 Å². The Bertz CT molecular complexity index is 1080. The Labute approximate surface area is 188 Å². The van der Waals surface area contributed by atoms with E-state index in [0.29, 0.717) is 0 Å². The van der Waals surface area contributed by atoms with Gasteiger partial charge in [-0.1, -0.05) is 45.0 Å². The minimum absolute atomic E-state index is 0.0414. The molecule has 0 unspecified atom stereocenters. The number of nitro groups is 1. The Morgan fingerprint density at radius 3 is 2.44 bits per heavy atom. The predicted octanol–water partition coefficient (Wildman–Crippen LogP) is 3.24. The average molecular weight is 464 g/mol. The molecular formula is C22H29N3O6S. The Hall–Kier alpha value is -3.14. The molecule has 0 saturated carbocycles. The largest absolute Gasteiger partial charge is 0.491 e. The molecule has 0 aliphatic rings. The van der Waals surface area contributed by atoms with Gasteiger partial charge in [0.05, 0.1) is 23.4 Å². The van der Waals surface area contributed by atoms with Crippen LogP contribution < -0.4 is 14.4 Å². The topological polar surface area (TPSA) is 119 Å². The lowest BCUT2D eigenvalue weighted by atomic mass is 9.86. The number of anilines is 1. The predicted molar refractivity (Wildman–Crippen MR) is 124 cm³/mol. The highest BCUT2D eigenvalue weighted by Gasteiger charge is 2.30. The second-order valence-electron chi connectivity index (χ2n) is 8.40. The SMILES string of the molecule is C[C@H](C(=O)NCCOc1ccccc1C(C)(C)C)N(c1cccc([N+](=O)[O-])c1)S(C)(=O)=O. The molecule has 10 heteroatoms. The highest BCUT2D eigenvalue weighted by Crippen LogP contribution is 2.31. The summed E-state index contributed by atoms with van der Waals surface area (Å²) in [5.74, 6) is 0.172. The first-order valence-corrected chi connectivity index (χ1v) is 11.9. The Kier molecular flexibility index (Phi) is 7.84. The van der Waals surface area contributed by atoms with Crippen molar-refractivity contribution >= 4 is 27.3 Å². The zero-order valence-corrected chi connectivity index (χ0v) is 19.7. The number of amides is 1. The monoisotopic (exact) mass is 463 g/mol. The summed E-state index contributed by atoms with van der Waals surface area (Å²) in [7, 11) is -3.88. The number of sulfonamides is 1. The zero-order valence-electron chi connectivity index (χ0n) is 18.9. The van der Waals surface area contributed by atoms with Crippen molar-refractivity contribution in [1.82, 2.24) is 5.32 Å². The molecule has 0 aliphatic heterocycles. The summed E-state index contributed by atoms with van der Waals surface area (Å²) >= 11 is 0. The van der Waals surface area contributed by atoms with Crippen molar-refractivity contribution in [3.63, 3.8) is 0 Å². The first-order chi connectivity index (χ1) is 14.8. The van der Waals surface area contributed by atoms with E-state index in [9.17, 15) is 23.3 Å². The maximum atomic E-state index is 12.7. The molecule has 1 amide bonds. The molecule has 0 spiro atoms. The zero-order chi connectivity index (χ0) is 24.1. The summed E-state index contributed by atoms with van der Waals surface area (Å²) in [6, 6.07) is 11.7. The number of rotatable bonds is 9. The summed E-state index contributed by atoms with van der Waals surface area (Å²) in [6.45, 7) is 8.01. The van der Waals surface area contributed by atoms with Crippen molar-refractivity contribution in [2.45, 2.75) is 39.2 Å². The molecule has 1 atom stereocenters. The van der Waals surface area contributed by atoms with Crippen LogP contribution in [0, 0.1) is 10.1 Å². The molecule has 0 aromatic heterocycles. The van der Waals surface area contributed by atoms with E-state index in [2.05, 4.69) is 26.1 Å². The number of nitrogens with zero attached hydrogens (tertiary/aromatic N) is 2. The molecule has 0 saturated heterocycles. The minimum Gasteiger partial charge on any atom is -0.491 e. The highest BCUT2D eigenvalue weighted by atomic mass is 32.2. The van der Waals surface area contributed by atoms with Gasteiger partial charge in [0.1, 0.15) is 18.4 Å². The van der Waals surface area contributed by atoms with Gasteiger partial charge < -0.3 is 10.1 Å². The number of hydrogen-bond acceptors (Lipinski definition) is 6. The first kappa shape index (κ1) is 25.1. The average Bonchev–Trinajstić information content (AvgIpc) is 2.69. The Morgan fingerprint density at radius 2 is 1.84 bits per heavy atom. The van der Waals surface area contributed by atoms with Crippen molar-refractivity contribution in [1.29, 1.82) is 0 Å². The first-order valence-electron chi connectivity index (χ1n) is 10.1. The Balaban J connectivity index is 2.07. The molecular weight excluding hydrogens is 434 g/mol. The van der Waals surface area contributed by atoms with E-state index >= 15 is 0 Å². The van der Waals surface area contributed by atoms with Crippen LogP contribution in [0.5, 0.6) is 5.75 Å². The van der Waals surface area contributed by atoms with Crippen LogP contribution in [0.15, 0.2) is 48.5 Å². The van der Waals surface area contributed by atoms with E-state index in [-0.39, 0.29) is 29.9 Å². The smallest absolute Gasteiger partial charge is 0.271 e. The van der Waals surface area contributed by atoms with Gasteiger partial charge in [0.15, 0.2) is 0 Å². The third-order valence-corrected chi connectivity index (χ3v) is 5.98. The summed E-state index contributed by atoms with van der Waals surface area (Å²) in [5.41, 5.74) is 0.700. The van der Waals surface area contributed by atoms with E-state index in [0.717, 1.165) is 27.9 Å². The lowest BCUT2D eigenvalue weighted by molar-refractivity contribution is -0.384. The van der Waals surface area contributed by atoms with Gasteiger partial charge in [-0.25, -0.2) is 8.42 Å². The maximum absolute atomic E-state index is 12.7. The van der Waals surface area contributed by atoms with Crippen LogP contribution in [0.2, 0.25) is 0 Å². The number of benzene rings is 2. The summed E-state index contributed by atoms with van der Waals surface area (Å²) < 4.78 is 31.4. The van der Waals surface area contributed by atoms with Crippen molar-refractivity contribution < 1.29 is 22.9 Å². The number of carbonyl (C=O) groups excluding carboxylic acids is 1. The second kappa shape index (κ2) is 9.99. The second-order valence-corrected chi connectivity index (χ2v) is 10.3. The molecule has 0 radical (unpaired) electrons. The molecule has 2 aromatic rings. The summed E-state index contributed by atoms with van der Waals surface area (Å²) in [6.07, 6.45) is 0.947. The van der Waals surface area contributed by atoms with Crippen LogP contribution in [0.3, 0.4) is 0 Å². The van der Waals surface area contributed by atoms with Gasteiger partial charge >= 0.3 is 0 Å². The van der Waals surface area contributed by atoms with E-state index in [1.54, 1.807) is 0 Å². The number of para-hydroxylation sites is 1. The molecule has 2 rings (SSSR count). The standard InChI is InChI=1S/C22H29N3O6S/c1-16(24(32(5,29)30)17-9-8-10-18(15-17)25(27)28)21(26)23-13-14-31-20-12-7-6-11-19(20)22(2,3)4/h6-12,15-16H,13-14H2,1-5H3,(H,23,26)/t16-/m1/s1. The molecule has 0 fully saturated rings. The fourth-order valence-corrected chi connectivity index (χ4v) is 4.41. The highest BCUT2D eigenvalue weighted by molar-refractivity contribution is 7.92. The molecule has 0 aliphatic carbocycles. The normalized spacial score (nSPS) is 12.7. The number of nitro benzene ring substituents is 1. The quantitative estimate of drug-likeness (QED) is 0.346. The van der Waals surface area contributed by atoms with E-state index < -0.39 is 26.9 Å². The molecule has 1 N–H and O–H groups in total. The minimum atomic E-state index is -3.88. The van der Waals surface area contributed by atoms with Gasteiger partial charge in [-0.3, -0.25) is 19.2 Å². The molecule has 2 aromatic carbocycles. The van der Waals surface area contributed by atoms with E-state index in [1.807, 2.05) is 24.3 Å². The fourth-order valence-electron chi connectivity index (χ4n) is 3.25. The van der Waals surface area contributed by atoms with Crippen LogP contribution in [0.4, 0.5) is 11.4 Å². The number of carbonyl (C=O) groups is 1. The Morgan fingerprint density at radius 1 is 1.19 bits per heavy atom. The van der Waals surface area contributed by atoms with Crippen LogP contribution in [0.25, 0.3) is 0 Å². The van der Waals surface area contributed by atoms with Crippen molar-refractivity contribution in [3.8, 4) is 5.75 Å². The lowest BCUT2D eigenvalue weighted by Crippen LogP contribution is -2.48. The third-order valence-electron chi connectivity index (χ3n) is 4.74. The third kappa shape index (κ3) is 6.43. The molecule has 0 bridgehead atoms. The molecule has 9 nitrogen and oxygen atoms in total. The van der Waals surface area contributed by atoms with Gasteiger partial charge in [0.25, 0.3) is 5.69 Å². The van der Waals surface area contributed by atoms with Crippen molar-refractivity contribution in [2.75, 3.05) is 23.7 Å². The summed E-state index contributed by atoms with van der Waals surface area (Å²) in [4.78, 5) is 23.1. The number of ether oxygens (including phenoxy) is 1.